The van der Waals surface area contributed by atoms with Gasteiger partial charge < -0.3 is 14.7 Å². The van der Waals surface area contributed by atoms with Gasteiger partial charge in [-0.15, -0.1) is 0 Å². The van der Waals surface area contributed by atoms with Crippen LogP contribution in [0.25, 0.3) is 0 Å². The lowest BCUT2D eigenvalue weighted by molar-refractivity contribution is -0.143. The first-order chi connectivity index (χ1) is 10.9. The van der Waals surface area contributed by atoms with E-state index < -0.39 is 12.0 Å². The highest BCUT2D eigenvalue weighted by molar-refractivity contribution is 6.30. The van der Waals surface area contributed by atoms with Gasteiger partial charge in [-0.3, -0.25) is 14.5 Å². The van der Waals surface area contributed by atoms with Crippen molar-refractivity contribution in [2.75, 3.05) is 33.3 Å². The number of carboxylic acid groups (broad SMARTS) is 1. The summed E-state index contributed by atoms with van der Waals surface area (Å²) in [7, 11) is 1.51. The molecule has 0 bridgehead atoms. The monoisotopic (exact) mass is 340 g/mol. The summed E-state index contributed by atoms with van der Waals surface area (Å²) in [6, 6.07) is 4.12. The Labute approximate surface area is 140 Å². The second-order valence-corrected chi connectivity index (χ2v) is 5.96. The maximum Gasteiger partial charge on any atom is 0.325 e. The van der Waals surface area contributed by atoms with Crippen molar-refractivity contribution in [2.45, 2.75) is 19.4 Å². The van der Waals surface area contributed by atoms with Crippen LogP contribution in [-0.4, -0.2) is 60.1 Å². The van der Waals surface area contributed by atoms with E-state index >= 15 is 0 Å². The third-order valence-electron chi connectivity index (χ3n) is 4.06. The second kappa shape index (κ2) is 7.66. The van der Waals surface area contributed by atoms with Crippen molar-refractivity contribution in [3.05, 3.63) is 28.8 Å². The molecule has 0 aromatic heterocycles. The van der Waals surface area contributed by atoms with Crippen LogP contribution in [0, 0.1) is 0 Å². The summed E-state index contributed by atoms with van der Waals surface area (Å²) in [5.74, 6) is -0.449. The SMILES string of the molecule is COc1ccc(Cl)cc1C(C(=O)O)N1CCCN(C(C)=O)CC1. The van der Waals surface area contributed by atoms with Gasteiger partial charge in [0.05, 0.1) is 7.11 Å². The van der Waals surface area contributed by atoms with Crippen LogP contribution in [0.5, 0.6) is 5.75 Å². The number of nitrogens with zero attached hydrogens (tertiary/aromatic N) is 2. The molecule has 0 radical (unpaired) electrons. The number of amides is 1. The van der Waals surface area contributed by atoms with Crippen LogP contribution in [-0.2, 0) is 9.59 Å². The molecule has 1 aliphatic heterocycles. The topological polar surface area (TPSA) is 70.1 Å². The lowest BCUT2D eigenvalue weighted by atomic mass is 10.0. The molecule has 7 heteroatoms. The summed E-state index contributed by atoms with van der Waals surface area (Å²) in [6.45, 7) is 3.78. The van der Waals surface area contributed by atoms with Gasteiger partial charge in [0.25, 0.3) is 0 Å². The molecule has 23 heavy (non-hydrogen) atoms. The molecular weight excluding hydrogens is 320 g/mol. The van der Waals surface area contributed by atoms with Gasteiger partial charge in [0.15, 0.2) is 0 Å². The standard InChI is InChI=1S/C16H21ClN2O4/c1-11(20)18-6-3-7-19(9-8-18)15(16(21)22)13-10-12(17)4-5-14(13)23-2/h4-5,10,15H,3,6-9H2,1-2H3,(H,21,22). The van der Waals surface area contributed by atoms with E-state index in [4.69, 9.17) is 16.3 Å². The fraction of sp³-hybridized carbons (Fsp3) is 0.500. The summed E-state index contributed by atoms with van der Waals surface area (Å²) in [4.78, 5) is 27.0. The Hall–Kier alpha value is -1.79. The number of ether oxygens (including phenoxy) is 1. The molecule has 6 nitrogen and oxygen atoms in total. The van der Waals surface area contributed by atoms with Crippen molar-refractivity contribution < 1.29 is 19.4 Å². The molecule has 1 saturated heterocycles. The first-order valence-corrected chi connectivity index (χ1v) is 7.87. The third kappa shape index (κ3) is 4.14. The molecular formula is C16H21ClN2O4. The molecule has 1 fully saturated rings. The molecule has 0 saturated carbocycles. The van der Waals surface area contributed by atoms with E-state index in [0.717, 1.165) is 6.42 Å². The van der Waals surface area contributed by atoms with E-state index in [2.05, 4.69) is 0 Å². The molecule has 1 aliphatic rings. The number of carboxylic acids is 1. The van der Waals surface area contributed by atoms with Gasteiger partial charge in [-0.05, 0) is 24.6 Å². The first kappa shape index (κ1) is 17.6. The zero-order valence-corrected chi connectivity index (χ0v) is 14.0. The molecule has 0 spiro atoms. The van der Waals surface area contributed by atoms with Crippen LogP contribution in [0.2, 0.25) is 5.02 Å². The van der Waals surface area contributed by atoms with E-state index in [1.165, 1.54) is 14.0 Å². The summed E-state index contributed by atoms with van der Waals surface area (Å²) in [6.07, 6.45) is 0.728. The molecule has 1 unspecified atom stereocenters. The predicted molar refractivity (Wildman–Crippen MR) is 86.8 cm³/mol. The smallest absolute Gasteiger partial charge is 0.325 e. The van der Waals surface area contributed by atoms with Crippen molar-refractivity contribution in [2.24, 2.45) is 0 Å². The second-order valence-electron chi connectivity index (χ2n) is 5.52. The summed E-state index contributed by atoms with van der Waals surface area (Å²) < 4.78 is 5.30. The van der Waals surface area contributed by atoms with Crippen LogP contribution in [0.15, 0.2) is 18.2 Å². The van der Waals surface area contributed by atoms with Crippen LogP contribution < -0.4 is 4.74 Å². The van der Waals surface area contributed by atoms with Crippen molar-refractivity contribution in [3.63, 3.8) is 0 Å². The van der Waals surface area contributed by atoms with Crippen molar-refractivity contribution in [1.29, 1.82) is 0 Å². The third-order valence-corrected chi connectivity index (χ3v) is 4.30. The molecule has 1 aromatic carbocycles. The van der Waals surface area contributed by atoms with E-state index in [1.807, 2.05) is 4.90 Å². The Kier molecular flexibility index (Phi) is 5.85. The van der Waals surface area contributed by atoms with Gasteiger partial charge in [0.2, 0.25) is 5.91 Å². The molecule has 1 aromatic rings. The van der Waals surface area contributed by atoms with Crippen LogP contribution in [0.4, 0.5) is 0 Å². The van der Waals surface area contributed by atoms with Crippen LogP contribution in [0.3, 0.4) is 0 Å². The van der Waals surface area contributed by atoms with E-state index in [0.29, 0.717) is 42.5 Å². The lowest BCUT2D eigenvalue weighted by Gasteiger charge is -2.28. The molecule has 1 N–H and O–H groups in total. The maximum atomic E-state index is 11.9. The minimum absolute atomic E-state index is 0.0130. The molecule has 0 aliphatic carbocycles. The number of halogens is 1. The molecule has 1 atom stereocenters. The fourth-order valence-corrected chi connectivity index (χ4v) is 3.10. The number of methoxy groups -OCH3 is 1. The Bertz CT molecular complexity index is 593. The minimum atomic E-state index is -0.957. The quantitative estimate of drug-likeness (QED) is 0.908. The average molecular weight is 341 g/mol. The van der Waals surface area contributed by atoms with E-state index in [1.54, 1.807) is 23.1 Å². The average Bonchev–Trinajstić information content (AvgIpc) is 2.73. The fourth-order valence-electron chi connectivity index (χ4n) is 2.92. The van der Waals surface area contributed by atoms with Gasteiger partial charge in [0, 0.05) is 43.7 Å². The molecule has 1 heterocycles. The Morgan fingerprint density at radius 1 is 1.26 bits per heavy atom. The van der Waals surface area contributed by atoms with Crippen molar-refractivity contribution in [3.8, 4) is 5.75 Å². The zero-order valence-electron chi connectivity index (χ0n) is 13.3. The molecule has 126 valence electrons. The number of benzene rings is 1. The molecule has 2 rings (SSSR count). The Balaban J connectivity index is 2.30. The van der Waals surface area contributed by atoms with Gasteiger partial charge in [-0.2, -0.15) is 0 Å². The Morgan fingerprint density at radius 2 is 2.00 bits per heavy atom. The predicted octanol–water partition coefficient (Wildman–Crippen LogP) is 2.03. The summed E-state index contributed by atoms with van der Waals surface area (Å²) in [5, 5.41) is 10.2. The lowest BCUT2D eigenvalue weighted by Crippen LogP contribution is -2.38. The number of aliphatic carboxylic acids is 1. The van der Waals surface area contributed by atoms with Crippen molar-refractivity contribution >= 4 is 23.5 Å². The van der Waals surface area contributed by atoms with Crippen LogP contribution >= 0.6 is 11.6 Å². The normalized spacial score (nSPS) is 17.4. The van der Waals surface area contributed by atoms with E-state index in [-0.39, 0.29) is 5.91 Å². The highest BCUT2D eigenvalue weighted by Gasteiger charge is 2.31. The van der Waals surface area contributed by atoms with Gasteiger partial charge in [0.1, 0.15) is 11.8 Å². The number of hydrogen-bond acceptors (Lipinski definition) is 4. The maximum absolute atomic E-state index is 11.9. The van der Waals surface area contributed by atoms with Gasteiger partial charge in [-0.25, -0.2) is 0 Å². The van der Waals surface area contributed by atoms with Crippen LogP contribution in [0.1, 0.15) is 24.9 Å². The number of carbonyl (C=O) groups is 2. The summed E-state index contributed by atoms with van der Waals surface area (Å²) in [5.41, 5.74) is 0.531. The summed E-state index contributed by atoms with van der Waals surface area (Å²) >= 11 is 6.04. The van der Waals surface area contributed by atoms with Crippen molar-refractivity contribution in [1.82, 2.24) is 9.80 Å². The Morgan fingerprint density at radius 3 is 2.61 bits per heavy atom. The number of hydrogen-bond donors (Lipinski definition) is 1. The zero-order chi connectivity index (χ0) is 17.0. The number of carbonyl (C=O) groups excluding carboxylic acids is 1. The van der Waals surface area contributed by atoms with E-state index in [9.17, 15) is 14.7 Å². The van der Waals surface area contributed by atoms with Gasteiger partial charge in [-0.1, -0.05) is 11.6 Å². The number of rotatable bonds is 4. The molecule has 1 amide bonds. The highest BCUT2D eigenvalue weighted by atomic mass is 35.5. The largest absolute Gasteiger partial charge is 0.496 e. The van der Waals surface area contributed by atoms with Gasteiger partial charge >= 0.3 is 5.97 Å². The first-order valence-electron chi connectivity index (χ1n) is 7.50. The minimum Gasteiger partial charge on any atom is -0.496 e. The highest BCUT2D eigenvalue weighted by Crippen LogP contribution is 2.32.